The first-order valence-electron chi connectivity index (χ1n) is 11.3. The molecule has 172 valence electrons. The van der Waals surface area contributed by atoms with E-state index in [9.17, 15) is 9.59 Å². The summed E-state index contributed by atoms with van der Waals surface area (Å²) in [5.74, 6) is -1.16. The van der Waals surface area contributed by atoms with Crippen molar-refractivity contribution in [1.29, 1.82) is 0 Å². The molecule has 0 heterocycles. The SMILES string of the molecule is CCCCCCCCCCOCCOCCOCCOC(=O)CCCCC(=O)O. The first kappa shape index (κ1) is 27.8. The van der Waals surface area contributed by atoms with E-state index in [-0.39, 0.29) is 25.4 Å². The molecule has 0 aromatic carbocycles. The molecular formula is C22H42O7. The molecule has 1 N–H and O–H groups in total. The number of ether oxygens (including phenoxy) is 4. The Morgan fingerprint density at radius 2 is 1.07 bits per heavy atom. The van der Waals surface area contributed by atoms with Crippen molar-refractivity contribution in [3.8, 4) is 0 Å². The predicted octanol–water partition coefficient (Wildman–Crippen LogP) is 4.37. The van der Waals surface area contributed by atoms with Crippen molar-refractivity contribution >= 4 is 11.9 Å². The maximum absolute atomic E-state index is 11.4. The van der Waals surface area contributed by atoms with Crippen molar-refractivity contribution in [2.45, 2.75) is 84.0 Å². The van der Waals surface area contributed by atoms with Gasteiger partial charge in [0.1, 0.15) is 6.61 Å². The zero-order valence-electron chi connectivity index (χ0n) is 18.3. The lowest BCUT2D eigenvalue weighted by molar-refractivity contribution is -0.146. The summed E-state index contributed by atoms with van der Waals surface area (Å²) in [5, 5.41) is 8.50. The highest BCUT2D eigenvalue weighted by molar-refractivity contribution is 5.69. The number of carbonyl (C=O) groups excluding carboxylic acids is 1. The van der Waals surface area contributed by atoms with Crippen LogP contribution < -0.4 is 0 Å². The van der Waals surface area contributed by atoms with E-state index in [1.165, 1.54) is 44.9 Å². The first-order chi connectivity index (χ1) is 14.2. The second kappa shape index (κ2) is 23.1. The second-order valence-corrected chi connectivity index (χ2v) is 7.13. The van der Waals surface area contributed by atoms with Gasteiger partial charge in [0.2, 0.25) is 0 Å². The zero-order chi connectivity index (χ0) is 21.4. The third-order valence-corrected chi connectivity index (χ3v) is 4.40. The molecule has 0 unspecified atom stereocenters. The molecule has 0 aliphatic carbocycles. The molecule has 0 bridgehead atoms. The third kappa shape index (κ3) is 24.8. The summed E-state index contributed by atoms with van der Waals surface area (Å²) < 4.78 is 21.3. The summed E-state index contributed by atoms with van der Waals surface area (Å²) in [7, 11) is 0. The molecular weight excluding hydrogens is 376 g/mol. The molecule has 0 fully saturated rings. The Labute approximate surface area is 176 Å². The maximum Gasteiger partial charge on any atom is 0.305 e. The smallest absolute Gasteiger partial charge is 0.305 e. The highest BCUT2D eigenvalue weighted by atomic mass is 16.6. The average Bonchev–Trinajstić information content (AvgIpc) is 2.70. The van der Waals surface area contributed by atoms with Gasteiger partial charge < -0.3 is 24.1 Å². The Balaban J connectivity index is 3.11. The minimum absolute atomic E-state index is 0.0840. The van der Waals surface area contributed by atoms with Crippen LogP contribution in [0.4, 0.5) is 0 Å². The van der Waals surface area contributed by atoms with Gasteiger partial charge in [-0.25, -0.2) is 0 Å². The summed E-state index contributed by atoms with van der Waals surface area (Å²) in [6.45, 7) is 5.70. The largest absolute Gasteiger partial charge is 0.481 e. The van der Waals surface area contributed by atoms with Gasteiger partial charge in [-0.1, -0.05) is 51.9 Å². The number of unbranched alkanes of at least 4 members (excludes halogenated alkanes) is 8. The van der Waals surface area contributed by atoms with E-state index in [1.807, 2.05) is 0 Å². The Morgan fingerprint density at radius 1 is 0.586 bits per heavy atom. The fourth-order valence-corrected chi connectivity index (χ4v) is 2.71. The van der Waals surface area contributed by atoms with Crippen LogP contribution in [-0.2, 0) is 28.5 Å². The number of carboxylic acids is 1. The quantitative estimate of drug-likeness (QED) is 0.195. The van der Waals surface area contributed by atoms with Crippen molar-refractivity contribution in [3.05, 3.63) is 0 Å². The summed E-state index contributed by atoms with van der Waals surface area (Å²) in [4.78, 5) is 21.7. The molecule has 0 saturated heterocycles. The van der Waals surface area contributed by atoms with E-state index < -0.39 is 5.97 Å². The summed E-state index contributed by atoms with van der Waals surface area (Å²) in [6.07, 6.45) is 11.8. The lowest BCUT2D eigenvalue weighted by atomic mass is 10.1. The van der Waals surface area contributed by atoms with Gasteiger partial charge in [-0.05, 0) is 19.3 Å². The summed E-state index contributed by atoms with van der Waals surface area (Å²) >= 11 is 0. The van der Waals surface area contributed by atoms with Crippen molar-refractivity contribution in [1.82, 2.24) is 0 Å². The van der Waals surface area contributed by atoms with Crippen molar-refractivity contribution in [2.75, 3.05) is 46.2 Å². The second-order valence-electron chi connectivity index (χ2n) is 7.13. The normalized spacial score (nSPS) is 10.9. The van der Waals surface area contributed by atoms with Crippen LogP contribution in [0.2, 0.25) is 0 Å². The van der Waals surface area contributed by atoms with Crippen LogP contribution >= 0.6 is 0 Å². The third-order valence-electron chi connectivity index (χ3n) is 4.40. The summed E-state index contributed by atoms with van der Waals surface area (Å²) in [6, 6.07) is 0. The van der Waals surface area contributed by atoms with E-state index in [2.05, 4.69) is 6.92 Å². The number of hydrogen-bond acceptors (Lipinski definition) is 6. The number of hydrogen-bond donors (Lipinski definition) is 1. The molecule has 0 aromatic rings. The molecule has 0 aliphatic rings. The Morgan fingerprint density at radius 3 is 1.66 bits per heavy atom. The van der Waals surface area contributed by atoms with Crippen LogP contribution in [0.25, 0.3) is 0 Å². The number of rotatable bonds is 23. The fourth-order valence-electron chi connectivity index (χ4n) is 2.71. The lowest BCUT2D eigenvalue weighted by Gasteiger charge is -2.08. The molecule has 0 aliphatic heterocycles. The molecule has 29 heavy (non-hydrogen) atoms. The highest BCUT2D eigenvalue weighted by Crippen LogP contribution is 2.08. The van der Waals surface area contributed by atoms with Gasteiger partial charge in [0.05, 0.1) is 33.0 Å². The molecule has 7 nitrogen and oxygen atoms in total. The molecule has 0 rings (SSSR count). The molecule has 0 spiro atoms. The number of aliphatic carboxylic acids is 1. The minimum atomic E-state index is -0.843. The molecule has 0 radical (unpaired) electrons. The van der Waals surface area contributed by atoms with Crippen LogP contribution in [-0.4, -0.2) is 63.3 Å². The number of carboxylic acid groups (broad SMARTS) is 1. The van der Waals surface area contributed by atoms with Crippen LogP contribution in [0.15, 0.2) is 0 Å². The van der Waals surface area contributed by atoms with Gasteiger partial charge in [-0.3, -0.25) is 9.59 Å². The summed E-state index contributed by atoms with van der Waals surface area (Å²) in [5.41, 5.74) is 0. The Bertz CT molecular complexity index is 374. The van der Waals surface area contributed by atoms with Crippen molar-refractivity contribution in [3.63, 3.8) is 0 Å². The van der Waals surface area contributed by atoms with Crippen LogP contribution in [0, 0.1) is 0 Å². The maximum atomic E-state index is 11.4. The fraction of sp³-hybridized carbons (Fsp3) is 0.909. The van der Waals surface area contributed by atoms with Crippen LogP contribution in [0.5, 0.6) is 0 Å². The van der Waals surface area contributed by atoms with Gasteiger partial charge in [-0.15, -0.1) is 0 Å². The van der Waals surface area contributed by atoms with Crippen molar-refractivity contribution < 1.29 is 33.6 Å². The standard InChI is InChI=1S/C22H42O7/c1-2-3-4-5-6-7-8-11-14-26-15-16-27-17-18-28-19-20-29-22(25)13-10-9-12-21(23)24/h2-20H2,1H3,(H,23,24). The van der Waals surface area contributed by atoms with Gasteiger partial charge in [-0.2, -0.15) is 0 Å². The van der Waals surface area contributed by atoms with Gasteiger partial charge in [0.15, 0.2) is 0 Å². The lowest BCUT2D eigenvalue weighted by Crippen LogP contribution is -2.14. The first-order valence-corrected chi connectivity index (χ1v) is 11.3. The number of carbonyl (C=O) groups is 2. The average molecular weight is 419 g/mol. The predicted molar refractivity (Wildman–Crippen MR) is 112 cm³/mol. The zero-order valence-corrected chi connectivity index (χ0v) is 18.3. The van der Waals surface area contributed by atoms with Gasteiger partial charge >= 0.3 is 11.9 Å². The molecule has 0 amide bonds. The molecule has 0 aromatic heterocycles. The monoisotopic (exact) mass is 418 g/mol. The van der Waals surface area contributed by atoms with Gasteiger partial charge in [0, 0.05) is 19.4 Å². The Hall–Kier alpha value is -1.18. The van der Waals surface area contributed by atoms with E-state index in [1.54, 1.807) is 0 Å². The van der Waals surface area contributed by atoms with Gasteiger partial charge in [0.25, 0.3) is 0 Å². The van der Waals surface area contributed by atoms with E-state index in [0.29, 0.717) is 45.9 Å². The van der Waals surface area contributed by atoms with Crippen LogP contribution in [0.1, 0.15) is 84.0 Å². The molecule has 0 saturated carbocycles. The Kier molecular flexibility index (Phi) is 22.2. The van der Waals surface area contributed by atoms with Crippen molar-refractivity contribution in [2.24, 2.45) is 0 Å². The van der Waals surface area contributed by atoms with E-state index in [4.69, 9.17) is 24.1 Å². The van der Waals surface area contributed by atoms with Crippen LogP contribution in [0.3, 0.4) is 0 Å². The highest BCUT2D eigenvalue weighted by Gasteiger charge is 2.04. The van der Waals surface area contributed by atoms with E-state index in [0.717, 1.165) is 13.0 Å². The molecule has 0 atom stereocenters. The molecule has 7 heteroatoms. The van der Waals surface area contributed by atoms with E-state index >= 15 is 0 Å². The number of esters is 1. The minimum Gasteiger partial charge on any atom is -0.481 e. The topological polar surface area (TPSA) is 91.3 Å².